The van der Waals surface area contributed by atoms with E-state index in [9.17, 15) is 9.59 Å². The van der Waals surface area contributed by atoms with E-state index in [1.54, 1.807) is 36.4 Å². The minimum Gasteiger partial charge on any atom is -0.288 e. The van der Waals surface area contributed by atoms with Gasteiger partial charge in [-0.3, -0.25) is 9.59 Å². The number of thioether (sulfide) groups is 2. The molecule has 0 saturated carbocycles. The van der Waals surface area contributed by atoms with Crippen LogP contribution in [0.2, 0.25) is 0 Å². The van der Waals surface area contributed by atoms with Crippen molar-refractivity contribution in [1.29, 1.82) is 10.5 Å². The fraction of sp³-hybridized carbons (Fsp3) is 0. The minimum absolute atomic E-state index is 0.0703. The van der Waals surface area contributed by atoms with Crippen LogP contribution in [0.25, 0.3) is 0 Å². The number of benzene rings is 1. The van der Waals surface area contributed by atoms with Crippen molar-refractivity contribution in [2.45, 2.75) is 0 Å². The Kier molecular flexibility index (Phi) is 2.98. The van der Waals surface area contributed by atoms with Crippen molar-refractivity contribution < 1.29 is 9.59 Å². The van der Waals surface area contributed by atoms with Crippen LogP contribution in [-0.4, -0.2) is 11.6 Å². The molecule has 0 amide bonds. The highest BCUT2D eigenvalue weighted by Gasteiger charge is 2.38. The van der Waals surface area contributed by atoms with Gasteiger partial charge in [0.15, 0.2) is 0 Å². The third kappa shape index (κ3) is 1.70. The Morgan fingerprint density at radius 1 is 0.900 bits per heavy atom. The molecule has 0 N–H and O–H groups in total. The maximum Gasteiger partial charge on any atom is 0.201 e. The topological polar surface area (TPSA) is 81.7 Å². The maximum absolute atomic E-state index is 12.4. The van der Waals surface area contributed by atoms with E-state index in [4.69, 9.17) is 10.5 Å². The van der Waals surface area contributed by atoms with E-state index in [1.807, 2.05) is 0 Å². The van der Waals surface area contributed by atoms with Crippen LogP contribution in [0.5, 0.6) is 0 Å². The van der Waals surface area contributed by atoms with Crippen LogP contribution in [-0.2, 0) is 0 Å². The lowest BCUT2D eigenvalue weighted by Crippen LogP contribution is -2.17. The Morgan fingerprint density at radius 2 is 1.35 bits per heavy atom. The molecular formula is C14H4N2O2S2. The average Bonchev–Trinajstić information content (AvgIpc) is 2.92. The first-order chi connectivity index (χ1) is 9.67. The third-order valence-electron chi connectivity index (χ3n) is 2.85. The summed E-state index contributed by atoms with van der Waals surface area (Å²) < 4.78 is 0.398. The molecule has 0 aromatic heterocycles. The summed E-state index contributed by atoms with van der Waals surface area (Å²) in [6.07, 6.45) is 0. The van der Waals surface area contributed by atoms with Gasteiger partial charge in [0.05, 0.1) is 14.0 Å². The maximum atomic E-state index is 12.4. The summed E-state index contributed by atoms with van der Waals surface area (Å²) in [7, 11) is 0. The number of fused-ring (bicyclic) bond motifs is 1. The number of carbonyl (C=O) groups is 2. The Morgan fingerprint density at radius 3 is 1.75 bits per heavy atom. The lowest BCUT2D eigenvalue weighted by atomic mass is 9.94. The SMILES string of the molecule is N#CC(C#N)=C1SC2=C(S1)C(=O)c1ccccc1C2=O. The Hall–Kier alpha value is -2.28. The number of allylic oxidation sites excluding steroid dienone is 3. The van der Waals surface area contributed by atoms with Gasteiger partial charge < -0.3 is 0 Å². The first-order valence-electron chi connectivity index (χ1n) is 5.50. The Labute approximate surface area is 122 Å². The molecule has 0 fully saturated rings. The van der Waals surface area contributed by atoms with E-state index in [2.05, 4.69) is 0 Å². The second-order valence-corrected chi connectivity index (χ2v) is 6.25. The number of hydrogen-bond acceptors (Lipinski definition) is 6. The van der Waals surface area contributed by atoms with Gasteiger partial charge in [-0.2, -0.15) is 10.5 Å². The number of ketones is 2. The summed E-state index contributed by atoms with van der Waals surface area (Å²) in [5.41, 5.74) is 0.682. The van der Waals surface area contributed by atoms with Crippen molar-refractivity contribution in [2.24, 2.45) is 0 Å². The van der Waals surface area contributed by atoms with Crippen LogP contribution in [0.3, 0.4) is 0 Å². The van der Waals surface area contributed by atoms with Gasteiger partial charge in [0.1, 0.15) is 17.7 Å². The first-order valence-corrected chi connectivity index (χ1v) is 7.13. The molecule has 3 rings (SSSR count). The number of hydrogen-bond donors (Lipinski definition) is 0. The van der Waals surface area contributed by atoms with Crippen molar-refractivity contribution in [3.63, 3.8) is 0 Å². The van der Waals surface area contributed by atoms with Crippen LogP contribution >= 0.6 is 23.5 Å². The molecule has 6 heteroatoms. The molecule has 20 heavy (non-hydrogen) atoms. The molecule has 0 atom stereocenters. The zero-order chi connectivity index (χ0) is 14.3. The summed E-state index contributed by atoms with van der Waals surface area (Å²) in [6.45, 7) is 0. The highest BCUT2D eigenvalue weighted by atomic mass is 32.2. The molecule has 4 nitrogen and oxygen atoms in total. The predicted molar refractivity (Wildman–Crippen MR) is 75.6 cm³/mol. The van der Waals surface area contributed by atoms with Crippen LogP contribution in [0, 0.1) is 22.7 Å². The number of rotatable bonds is 0. The molecule has 94 valence electrons. The monoisotopic (exact) mass is 296 g/mol. The second kappa shape index (κ2) is 4.68. The smallest absolute Gasteiger partial charge is 0.201 e. The average molecular weight is 296 g/mol. The van der Waals surface area contributed by atoms with Gasteiger partial charge in [0, 0.05) is 11.1 Å². The number of Topliss-reactive ketones (excluding diaryl/α,β-unsaturated/α-hetero) is 2. The van der Waals surface area contributed by atoms with Crippen LogP contribution < -0.4 is 0 Å². The van der Waals surface area contributed by atoms with E-state index in [0.29, 0.717) is 25.2 Å². The lowest BCUT2D eigenvalue weighted by molar-refractivity contribution is 0.0988. The molecule has 0 saturated heterocycles. The molecule has 1 aliphatic carbocycles. The quantitative estimate of drug-likeness (QED) is 0.684. The summed E-state index contributed by atoms with van der Waals surface area (Å²) >= 11 is 2.07. The molecular weight excluding hydrogens is 292 g/mol. The number of nitriles is 2. The molecule has 0 bridgehead atoms. The molecule has 0 unspecified atom stereocenters. The van der Waals surface area contributed by atoms with E-state index in [0.717, 1.165) is 23.5 Å². The third-order valence-corrected chi connectivity index (χ3v) is 5.45. The molecule has 1 heterocycles. The highest BCUT2D eigenvalue weighted by Crippen LogP contribution is 2.54. The van der Waals surface area contributed by atoms with Crippen molar-refractivity contribution in [3.05, 3.63) is 55.0 Å². The Bertz CT molecular complexity index is 757. The van der Waals surface area contributed by atoms with E-state index < -0.39 is 0 Å². The van der Waals surface area contributed by atoms with Crippen molar-refractivity contribution >= 4 is 35.1 Å². The normalized spacial score (nSPS) is 16.4. The molecule has 2 aliphatic rings. The highest BCUT2D eigenvalue weighted by molar-refractivity contribution is 8.29. The van der Waals surface area contributed by atoms with Crippen LogP contribution in [0.1, 0.15) is 20.7 Å². The van der Waals surface area contributed by atoms with Gasteiger partial charge in [-0.1, -0.05) is 47.8 Å². The summed E-state index contributed by atoms with van der Waals surface area (Å²) in [5, 5.41) is 17.8. The summed E-state index contributed by atoms with van der Waals surface area (Å²) in [5.74, 6) is -0.448. The lowest BCUT2D eigenvalue weighted by Gasteiger charge is -2.13. The van der Waals surface area contributed by atoms with Crippen LogP contribution in [0.4, 0.5) is 0 Å². The Balaban J connectivity index is 2.13. The van der Waals surface area contributed by atoms with Crippen molar-refractivity contribution in [1.82, 2.24) is 0 Å². The zero-order valence-electron chi connectivity index (χ0n) is 9.84. The molecule has 1 aliphatic heterocycles. The second-order valence-electron chi connectivity index (χ2n) is 3.95. The van der Waals surface area contributed by atoms with Gasteiger partial charge in [-0.05, 0) is 0 Å². The van der Waals surface area contributed by atoms with Gasteiger partial charge in [-0.15, -0.1) is 0 Å². The van der Waals surface area contributed by atoms with Gasteiger partial charge in [-0.25, -0.2) is 0 Å². The number of nitrogens with zero attached hydrogens (tertiary/aromatic N) is 2. The zero-order valence-corrected chi connectivity index (χ0v) is 11.5. The van der Waals surface area contributed by atoms with E-state index in [-0.39, 0.29) is 17.1 Å². The summed E-state index contributed by atoms with van der Waals surface area (Å²) in [6, 6.07) is 10.2. The minimum atomic E-state index is -0.224. The van der Waals surface area contributed by atoms with Gasteiger partial charge in [0.2, 0.25) is 11.6 Å². The van der Waals surface area contributed by atoms with Crippen LogP contribution in [0.15, 0.2) is 43.9 Å². The predicted octanol–water partition coefficient (Wildman–Crippen LogP) is 3.02. The number of carbonyl (C=O) groups excluding carboxylic acids is 2. The standard InChI is InChI=1S/C14H4N2O2S2/c15-5-7(6-16)14-19-12-10(17)8-3-1-2-4-9(8)11(18)13(12)20-14/h1-4H. The summed E-state index contributed by atoms with van der Waals surface area (Å²) in [4.78, 5) is 25.3. The molecule has 0 spiro atoms. The van der Waals surface area contributed by atoms with Gasteiger partial charge >= 0.3 is 0 Å². The fourth-order valence-electron chi connectivity index (χ4n) is 1.94. The van der Waals surface area contributed by atoms with Crippen molar-refractivity contribution in [2.75, 3.05) is 0 Å². The fourth-order valence-corrected chi connectivity index (χ4v) is 4.39. The molecule has 1 aromatic rings. The first kappa shape index (κ1) is 12.7. The largest absolute Gasteiger partial charge is 0.288 e. The van der Waals surface area contributed by atoms with Gasteiger partial charge in [0.25, 0.3) is 0 Å². The molecule has 1 aromatic carbocycles. The van der Waals surface area contributed by atoms with E-state index in [1.165, 1.54) is 0 Å². The van der Waals surface area contributed by atoms with E-state index >= 15 is 0 Å². The van der Waals surface area contributed by atoms with Crippen molar-refractivity contribution in [3.8, 4) is 12.1 Å². The molecule has 0 radical (unpaired) electrons.